The van der Waals surface area contributed by atoms with Gasteiger partial charge in [-0.05, 0) is 40.6 Å². The van der Waals surface area contributed by atoms with Gasteiger partial charge in [-0.3, -0.25) is 4.79 Å². The van der Waals surface area contributed by atoms with Gasteiger partial charge in [0.1, 0.15) is 4.47 Å². The number of hydrogen-bond acceptors (Lipinski definition) is 4. The first-order valence-electron chi connectivity index (χ1n) is 7.22. The van der Waals surface area contributed by atoms with E-state index in [0.29, 0.717) is 9.89 Å². The van der Waals surface area contributed by atoms with E-state index in [-0.39, 0.29) is 18.7 Å². The number of nitrogens with zero attached hydrogens (tertiary/aromatic N) is 2. The highest BCUT2D eigenvalue weighted by Crippen LogP contribution is 2.41. The van der Waals surface area contributed by atoms with Gasteiger partial charge in [-0.15, -0.1) is 0 Å². The fraction of sp³-hybridized carbons (Fsp3) is 0.714. The molecule has 6 heteroatoms. The van der Waals surface area contributed by atoms with E-state index < -0.39 is 0 Å². The Morgan fingerprint density at radius 2 is 2.20 bits per heavy atom. The monoisotopic (exact) mass is 343 g/mol. The van der Waals surface area contributed by atoms with Gasteiger partial charge < -0.3 is 10.4 Å². The van der Waals surface area contributed by atoms with Crippen molar-refractivity contribution in [3.63, 3.8) is 0 Å². The molecule has 112 valence electrons. The molecule has 0 saturated heterocycles. The lowest BCUT2D eigenvalue weighted by molar-refractivity contribution is 0.266. The van der Waals surface area contributed by atoms with Crippen LogP contribution in [0.4, 0.5) is 5.69 Å². The fourth-order valence-corrected chi connectivity index (χ4v) is 3.35. The molecule has 0 radical (unpaired) electrons. The minimum absolute atomic E-state index is 0.0922. The minimum atomic E-state index is -0.207. The van der Waals surface area contributed by atoms with E-state index in [4.69, 9.17) is 5.11 Å². The Balaban J connectivity index is 2.10. The number of hydrogen-bond donors (Lipinski definition) is 2. The average Bonchev–Trinajstić information content (AvgIpc) is 2.93. The molecule has 0 unspecified atom stereocenters. The summed E-state index contributed by atoms with van der Waals surface area (Å²) in [7, 11) is 0. The molecular formula is C14H22BrN3O2. The largest absolute Gasteiger partial charge is 0.394 e. The summed E-state index contributed by atoms with van der Waals surface area (Å²) in [6.45, 7) is 3.24. The molecule has 1 heterocycles. The van der Waals surface area contributed by atoms with Crippen LogP contribution in [0.1, 0.15) is 39.0 Å². The summed E-state index contributed by atoms with van der Waals surface area (Å²) in [6, 6.07) is 0. The number of aromatic nitrogens is 2. The molecular weight excluding hydrogens is 322 g/mol. The summed E-state index contributed by atoms with van der Waals surface area (Å²) in [5.74, 6) is 0. The molecule has 0 aliphatic heterocycles. The van der Waals surface area contributed by atoms with E-state index in [2.05, 4.69) is 33.3 Å². The lowest BCUT2D eigenvalue weighted by atomic mass is 9.83. The summed E-state index contributed by atoms with van der Waals surface area (Å²) < 4.78 is 1.76. The molecule has 0 atom stereocenters. The predicted molar refractivity (Wildman–Crippen MR) is 83.0 cm³/mol. The molecule has 0 aromatic carbocycles. The van der Waals surface area contributed by atoms with Crippen molar-refractivity contribution in [2.24, 2.45) is 5.41 Å². The molecule has 1 aromatic heterocycles. The van der Waals surface area contributed by atoms with Crippen molar-refractivity contribution < 1.29 is 5.11 Å². The van der Waals surface area contributed by atoms with Crippen molar-refractivity contribution in [1.82, 2.24) is 9.78 Å². The van der Waals surface area contributed by atoms with Crippen LogP contribution in [0.5, 0.6) is 0 Å². The molecule has 0 bridgehead atoms. The first kappa shape index (κ1) is 15.5. The minimum Gasteiger partial charge on any atom is -0.394 e. The molecule has 1 aromatic rings. The number of rotatable bonds is 6. The van der Waals surface area contributed by atoms with Gasteiger partial charge in [0.25, 0.3) is 5.56 Å². The first-order valence-corrected chi connectivity index (χ1v) is 8.01. The predicted octanol–water partition coefficient (Wildman–Crippen LogP) is 2.38. The molecule has 0 amide bonds. The fourth-order valence-electron chi connectivity index (χ4n) is 2.91. The van der Waals surface area contributed by atoms with Crippen molar-refractivity contribution in [2.45, 2.75) is 45.6 Å². The van der Waals surface area contributed by atoms with Crippen molar-refractivity contribution in [1.29, 1.82) is 0 Å². The summed E-state index contributed by atoms with van der Waals surface area (Å²) in [4.78, 5) is 12.0. The molecule has 5 nitrogen and oxygen atoms in total. The Morgan fingerprint density at radius 3 is 2.80 bits per heavy atom. The molecule has 2 rings (SSSR count). The number of nitrogens with one attached hydrogen (secondary N) is 1. The molecule has 20 heavy (non-hydrogen) atoms. The molecule has 1 fully saturated rings. The van der Waals surface area contributed by atoms with Crippen LogP contribution in [-0.4, -0.2) is 28.0 Å². The van der Waals surface area contributed by atoms with E-state index in [1.54, 1.807) is 6.20 Å². The Morgan fingerprint density at radius 1 is 1.50 bits per heavy atom. The molecule has 0 spiro atoms. The maximum Gasteiger partial charge on any atom is 0.283 e. The summed E-state index contributed by atoms with van der Waals surface area (Å²) in [5, 5.41) is 16.3. The van der Waals surface area contributed by atoms with Crippen LogP contribution in [0.25, 0.3) is 0 Å². The van der Waals surface area contributed by atoms with Crippen LogP contribution < -0.4 is 10.9 Å². The van der Waals surface area contributed by atoms with E-state index in [1.165, 1.54) is 30.4 Å². The normalized spacial score (nSPS) is 17.4. The Kier molecular flexibility index (Phi) is 5.21. The summed E-state index contributed by atoms with van der Waals surface area (Å²) in [5.41, 5.74) is 0.893. The van der Waals surface area contributed by atoms with Gasteiger partial charge in [0.15, 0.2) is 0 Å². The number of halogens is 1. The van der Waals surface area contributed by atoms with Crippen molar-refractivity contribution in [2.75, 3.05) is 18.5 Å². The molecule has 1 aliphatic rings. The van der Waals surface area contributed by atoms with Gasteiger partial charge in [-0.25, -0.2) is 4.68 Å². The maximum absolute atomic E-state index is 12.0. The quantitative estimate of drug-likeness (QED) is 0.832. The van der Waals surface area contributed by atoms with Gasteiger partial charge in [0.05, 0.1) is 25.0 Å². The highest BCUT2D eigenvalue weighted by Gasteiger charge is 2.31. The van der Waals surface area contributed by atoms with Crippen molar-refractivity contribution in [3.8, 4) is 0 Å². The summed E-state index contributed by atoms with van der Waals surface area (Å²) in [6.07, 6.45) is 7.92. The van der Waals surface area contributed by atoms with Crippen LogP contribution in [0, 0.1) is 5.41 Å². The van der Waals surface area contributed by atoms with Gasteiger partial charge in [0.2, 0.25) is 0 Å². The zero-order valence-corrected chi connectivity index (χ0v) is 13.4. The summed E-state index contributed by atoms with van der Waals surface area (Å²) >= 11 is 3.33. The highest BCUT2D eigenvalue weighted by atomic mass is 79.9. The number of anilines is 1. The zero-order chi connectivity index (χ0) is 14.6. The zero-order valence-electron chi connectivity index (χ0n) is 11.9. The van der Waals surface area contributed by atoms with Crippen LogP contribution in [-0.2, 0) is 6.54 Å². The standard InChI is InChI=1S/C14H22BrN3O2/c1-2-14(5-3-4-6-14)10-16-11-9-17-18(7-8-19)13(20)12(11)15/h9,16,19H,2-8,10H2,1H3. The van der Waals surface area contributed by atoms with E-state index in [9.17, 15) is 4.79 Å². The van der Waals surface area contributed by atoms with Crippen molar-refractivity contribution >= 4 is 21.6 Å². The third-order valence-corrected chi connectivity index (χ3v) is 5.13. The molecule has 1 aliphatic carbocycles. The lowest BCUT2D eigenvalue weighted by Gasteiger charge is -2.28. The first-order chi connectivity index (χ1) is 9.62. The Bertz CT molecular complexity index is 510. The van der Waals surface area contributed by atoms with Gasteiger partial charge in [-0.2, -0.15) is 5.10 Å². The molecule has 1 saturated carbocycles. The third-order valence-electron chi connectivity index (χ3n) is 4.36. The third kappa shape index (κ3) is 3.23. The average molecular weight is 344 g/mol. The van der Waals surface area contributed by atoms with Crippen LogP contribution >= 0.6 is 15.9 Å². The van der Waals surface area contributed by atoms with Gasteiger partial charge in [0, 0.05) is 6.54 Å². The molecule has 2 N–H and O–H groups in total. The van der Waals surface area contributed by atoms with E-state index in [1.807, 2.05) is 0 Å². The van der Waals surface area contributed by atoms with Gasteiger partial charge >= 0.3 is 0 Å². The number of aliphatic hydroxyl groups is 1. The van der Waals surface area contributed by atoms with Crippen LogP contribution in [0.2, 0.25) is 0 Å². The Labute approximate surface area is 127 Å². The smallest absolute Gasteiger partial charge is 0.283 e. The highest BCUT2D eigenvalue weighted by molar-refractivity contribution is 9.10. The number of aliphatic hydroxyl groups excluding tert-OH is 1. The Hall–Kier alpha value is -0.880. The van der Waals surface area contributed by atoms with Crippen molar-refractivity contribution in [3.05, 3.63) is 21.0 Å². The maximum atomic E-state index is 12.0. The SMILES string of the molecule is CCC1(CNc2cnn(CCO)c(=O)c2Br)CCCC1. The van der Waals surface area contributed by atoms with Gasteiger partial charge in [-0.1, -0.05) is 19.8 Å². The van der Waals surface area contributed by atoms with E-state index >= 15 is 0 Å². The second-order valence-electron chi connectivity index (χ2n) is 5.54. The van der Waals surface area contributed by atoms with E-state index in [0.717, 1.165) is 18.7 Å². The second kappa shape index (κ2) is 6.72. The lowest BCUT2D eigenvalue weighted by Crippen LogP contribution is -2.29. The second-order valence-corrected chi connectivity index (χ2v) is 6.33. The van der Waals surface area contributed by atoms with Crippen LogP contribution in [0.15, 0.2) is 15.5 Å². The topological polar surface area (TPSA) is 67.2 Å². The van der Waals surface area contributed by atoms with Crippen LogP contribution in [0.3, 0.4) is 0 Å².